The third-order valence-electron chi connectivity index (χ3n) is 4.87. The van der Waals surface area contributed by atoms with Crippen LogP contribution in [0.25, 0.3) is 0 Å². The Hall–Kier alpha value is -1.57. The van der Waals surface area contributed by atoms with Crippen molar-refractivity contribution in [1.29, 1.82) is 0 Å². The van der Waals surface area contributed by atoms with Gasteiger partial charge < -0.3 is 15.4 Å². The molecule has 0 saturated heterocycles. The van der Waals surface area contributed by atoms with Crippen LogP contribution < -0.4 is 15.4 Å². The molecule has 5 nitrogen and oxygen atoms in total. The smallest absolute Gasteiger partial charge is 0.256 e. The molecule has 2 aliphatic rings. The minimum absolute atomic E-state index is 0.0214. The largest absolute Gasteiger partial charge is 0.496 e. The van der Waals surface area contributed by atoms with E-state index in [1.165, 1.54) is 10.4 Å². The van der Waals surface area contributed by atoms with E-state index in [-0.39, 0.29) is 12.1 Å². The number of anilines is 1. The average Bonchev–Trinajstić information content (AvgIpc) is 2.99. The summed E-state index contributed by atoms with van der Waals surface area (Å²) in [5, 5.41) is 7.59. The molecule has 0 saturated carbocycles. The minimum atomic E-state index is -0.232. The maximum absolute atomic E-state index is 12.8. The fraction of sp³-hybridized carbons (Fsp3) is 0.389. The molecule has 2 aromatic rings. The lowest BCUT2D eigenvalue weighted by molar-refractivity contribution is 0.0934. The first-order valence-corrected chi connectivity index (χ1v) is 9.99. The number of fused-ring (bicyclic) bond motifs is 3. The summed E-state index contributed by atoms with van der Waals surface area (Å²) < 4.78 is 6.16. The Kier molecular flexibility index (Phi) is 4.47. The van der Waals surface area contributed by atoms with Crippen molar-refractivity contribution in [3.05, 3.63) is 44.2 Å². The SMILES string of the molecule is CCN1CCc2c(sc3c2C(=O)N[C@H](c2ccc(OC)c(Br)c2)N3)C1. The molecule has 2 aliphatic heterocycles. The Morgan fingerprint density at radius 1 is 1.40 bits per heavy atom. The highest BCUT2D eigenvalue weighted by Gasteiger charge is 2.33. The number of nitrogens with zero attached hydrogens (tertiary/aromatic N) is 1. The van der Waals surface area contributed by atoms with Gasteiger partial charge >= 0.3 is 0 Å². The lowest BCUT2D eigenvalue weighted by atomic mass is 10.0. The molecule has 0 unspecified atom stereocenters. The average molecular weight is 422 g/mol. The van der Waals surface area contributed by atoms with E-state index in [0.717, 1.165) is 52.4 Å². The summed E-state index contributed by atoms with van der Waals surface area (Å²) >= 11 is 5.23. The predicted octanol–water partition coefficient (Wildman–Crippen LogP) is 3.75. The fourth-order valence-corrected chi connectivity index (χ4v) is 5.34. The van der Waals surface area contributed by atoms with Gasteiger partial charge in [0.05, 0.1) is 17.1 Å². The predicted molar refractivity (Wildman–Crippen MR) is 103 cm³/mol. The zero-order valence-electron chi connectivity index (χ0n) is 14.2. The quantitative estimate of drug-likeness (QED) is 0.791. The number of hydrogen-bond acceptors (Lipinski definition) is 5. The highest BCUT2D eigenvalue weighted by molar-refractivity contribution is 9.10. The number of nitrogens with one attached hydrogen (secondary N) is 2. The number of methoxy groups -OCH3 is 1. The van der Waals surface area contributed by atoms with Gasteiger partial charge in [0.25, 0.3) is 5.91 Å². The van der Waals surface area contributed by atoms with E-state index in [0.29, 0.717) is 0 Å². The number of rotatable bonds is 3. The van der Waals surface area contributed by atoms with Gasteiger partial charge in [0, 0.05) is 18.0 Å². The van der Waals surface area contributed by atoms with Crippen molar-refractivity contribution in [2.24, 2.45) is 0 Å². The Labute approximate surface area is 159 Å². The van der Waals surface area contributed by atoms with E-state index in [1.807, 2.05) is 18.2 Å². The molecule has 4 rings (SSSR count). The first kappa shape index (κ1) is 16.9. The summed E-state index contributed by atoms with van der Waals surface area (Å²) in [5.74, 6) is 0.797. The van der Waals surface area contributed by atoms with E-state index in [9.17, 15) is 4.79 Å². The van der Waals surface area contributed by atoms with Crippen molar-refractivity contribution in [2.75, 3.05) is 25.5 Å². The van der Waals surface area contributed by atoms with Crippen molar-refractivity contribution in [2.45, 2.75) is 26.1 Å². The van der Waals surface area contributed by atoms with Crippen LogP contribution in [-0.4, -0.2) is 31.0 Å². The Morgan fingerprint density at radius 3 is 2.96 bits per heavy atom. The van der Waals surface area contributed by atoms with Crippen LogP contribution in [0.15, 0.2) is 22.7 Å². The van der Waals surface area contributed by atoms with Crippen molar-refractivity contribution in [3.63, 3.8) is 0 Å². The van der Waals surface area contributed by atoms with Crippen molar-refractivity contribution >= 4 is 38.2 Å². The number of amides is 1. The molecule has 2 N–H and O–H groups in total. The number of benzene rings is 1. The number of carbonyl (C=O) groups is 1. The van der Waals surface area contributed by atoms with Crippen molar-refractivity contribution in [1.82, 2.24) is 10.2 Å². The molecular weight excluding hydrogens is 402 g/mol. The molecule has 25 heavy (non-hydrogen) atoms. The number of likely N-dealkylation sites (N-methyl/N-ethyl adjacent to an activating group) is 1. The van der Waals surface area contributed by atoms with Crippen LogP contribution in [0, 0.1) is 0 Å². The molecule has 0 radical (unpaired) electrons. The summed E-state index contributed by atoms with van der Waals surface area (Å²) in [7, 11) is 1.64. The van der Waals surface area contributed by atoms with E-state index in [4.69, 9.17) is 4.74 Å². The first-order chi connectivity index (χ1) is 12.1. The first-order valence-electron chi connectivity index (χ1n) is 8.38. The molecule has 0 spiro atoms. The third kappa shape index (κ3) is 2.94. The lowest BCUT2D eigenvalue weighted by Crippen LogP contribution is -2.38. The maximum Gasteiger partial charge on any atom is 0.256 e. The second kappa shape index (κ2) is 6.63. The second-order valence-electron chi connectivity index (χ2n) is 6.27. The number of ether oxygens (including phenoxy) is 1. The second-order valence-corrected chi connectivity index (χ2v) is 8.23. The molecule has 1 atom stereocenters. The van der Waals surface area contributed by atoms with E-state index >= 15 is 0 Å². The van der Waals surface area contributed by atoms with Gasteiger partial charge in [0.2, 0.25) is 0 Å². The maximum atomic E-state index is 12.8. The highest BCUT2D eigenvalue weighted by atomic mass is 79.9. The monoisotopic (exact) mass is 421 g/mol. The van der Waals surface area contributed by atoms with E-state index in [2.05, 4.69) is 38.4 Å². The van der Waals surface area contributed by atoms with Crippen LogP contribution in [0.5, 0.6) is 5.75 Å². The van der Waals surface area contributed by atoms with Crippen LogP contribution in [0.1, 0.15) is 39.5 Å². The standard InChI is InChI=1S/C18H20BrN3O2S/c1-3-22-7-6-11-14(9-22)25-18-15(11)17(23)20-16(21-18)10-4-5-13(24-2)12(19)8-10/h4-5,8,16,21H,3,6-7,9H2,1-2H3,(H,20,23)/t16-/m0/s1. The van der Waals surface area contributed by atoms with Gasteiger partial charge in [-0.1, -0.05) is 13.0 Å². The van der Waals surface area contributed by atoms with Gasteiger partial charge in [-0.25, -0.2) is 0 Å². The zero-order chi connectivity index (χ0) is 17.6. The summed E-state index contributed by atoms with van der Waals surface area (Å²) in [6, 6.07) is 5.86. The summed E-state index contributed by atoms with van der Waals surface area (Å²) in [6.07, 6.45) is 0.715. The fourth-order valence-electron chi connectivity index (χ4n) is 3.47. The molecule has 1 aromatic heterocycles. The summed E-state index contributed by atoms with van der Waals surface area (Å²) in [5.41, 5.74) is 3.07. The van der Waals surface area contributed by atoms with Gasteiger partial charge in [0.15, 0.2) is 0 Å². The van der Waals surface area contributed by atoms with Crippen LogP contribution in [0.2, 0.25) is 0 Å². The molecule has 0 fully saturated rings. The normalized spacial score (nSPS) is 19.6. The van der Waals surface area contributed by atoms with Crippen LogP contribution in [0.4, 0.5) is 5.00 Å². The number of thiophene rings is 1. The topological polar surface area (TPSA) is 53.6 Å². The van der Waals surface area contributed by atoms with E-state index in [1.54, 1.807) is 18.4 Å². The molecule has 0 bridgehead atoms. The van der Waals surface area contributed by atoms with E-state index < -0.39 is 0 Å². The molecule has 1 aromatic carbocycles. The van der Waals surface area contributed by atoms with Gasteiger partial charge in [-0.3, -0.25) is 9.69 Å². The molecule has 0 aliphatic carbocycles. The number of halogens is 1. The number of carbonyl (C=O) groups excluding carboxylic acids is 1. The van der Waals surface area contributed by atoms with Crippen molar-refractivity contribution < 1.29 is 9.53 Å². The zero-order valence-corrected chi connectivity index (χ0v) is 16.6. The van der Waals surface area contributed by atoms with Gasteiger partial charge in [-0.05, 0) is 52.2 Å². The Morgan fingerprint density at radius 2 is 2.24 bits per heavy atom. The highest BCUT2D eigenvalue weighted by Crippen LogP contribution is 2.41. The van der Waals surface area contributed by atoms with Crippen LogP contribution >= 0.6 is 27.3 Å². The molecule has 1 amide bonds. The van der Waals surface area contributed by atoms with Gasteiger partial charge in [0.1, 0.15) is 16.9 Å². The van der Waals surface area contributed by atoms with Gasteiger partial charge in [-0.2, -0.15) is 0 Å². The molecule has 3 heterocycles. The van der Waals surface area contributed by atoms with Crippen molar-refractivity contribution in [3.8, 4) is 5.75 Å². The molecule has 7 heteroatoms. The minimum Gasteiger partial charge on any atom is -0.496 e. The lowest BCUT2D eigenvalue weighted by Gasteiger charge is -2.28. The van der Waals surface area contributed by atoms with Gasteiger partial charge in [-0.15, -0.1) is 11.3 Å². The molecule has 132 valence electrons. The van der Waals surface area contributed by atoms with Crippen LogP contribution in [-0.2, 0) is 13.0 Å². The Bertz CT molecular complexity index is 836. The Balaban J connectivity index is 1.65. The van der Waals surface area contributed by atoms with Crippen LogP contribution in [0.3, 0.4) is 0 Å². The molecular formula is C18H20BrN3O2S. The third-order valence-corrected chi connectivity index (χ3v) is 6.64. The summed E-state index contributed by atoms with van der Waals surface area (Å²) in [6.45, 7) is 5.19. The summed E-state index contributed by atoms with van der Waals surface area (Å²) in [4.78, 5) is 16.5. The number of hydrogen-bond donors (Lipinski definition) is 2.